The van der Waals surface area contributed by atoms with Crippen LogP contribution in [0.3, 0.4) is 0 Å². The van der Waals surface area contributed by atoms with Crippen molar-refractivity contribution in [3.8, 4) is 0 Å². The maximum Gasteiger partial charge on any atom is 0.0426 e. The van der Waals surface area contributed by atoms with Gasteiger partial charge in [0.15, 0.2) is 0 Å². The van der Waals surface area contributed by atoms with Gasteiger partial charge in [0.1, 0.15) is 0 Å². The lowest BCUT2D eigenvalue weighted by Gasteiger charge is -2.24. The van der Waals surface area contributed by atoms with Crippen molar-refractivity contribution in [1.82, 2.24) is 4.90 Å². The zero-order valence-corrected chi connectivity index (χ0v) is 13.5. The number of hydrogen-bond donors (Lipinski definition) is 1. The van der Waals surface area contributed by atoms with Crippen LogP contribution in [0.2, 0.25) is 5.02 Å². The topological polar surface area (TPSA) is 15.3 Å². The molecule has 1 heterocycles. The average Bonchev–Trinajstić information content (AvgIpc) is 2.91. The predicted molar refractivity (Wildman–Crippen MR) is 90.1 cm³/mol. The van der Waals surface area contributed by atoms with Crippen LogP contribution in [0.4, 0.5) is 5.69 Å². The summed E-state index contributed by atoms with van der Waals surface area (Å²) in [6.07, 6.45) is 1.12. The summed E-state index contributed by atoms with van der Waals surface area (Å²) in [6, 6.07) is 12.7. The van der Waals surface area contributed by atoms with Gasteiger partial charge in [0.25, 0.3) is 0 Å². The van der Waals surface area contributed by atoms with Crippen molar-refractivity contribution in [2.75, 3.05) is 25.5 Å². The number of likely N-dealkylation sites (N-methyl/N-ethyl adjacent to an activating group) is 1. The maximum absolute atomic E-state index is 5.97. The highest BCUT2D eigenvalue weighted by Gasteiger charge is 2.10. The minimum atomic E-state index is 0.551. The third-order valence-corrected chi connectivity index (χ3v) is 4.58. The van der Waals surface area contributed by atoms with Crippen LogP contribution in [0.5, 0.6) is 0 Å². The van der Waals surface area contributed by atoms with Gasteiger partial charge in [-0.3, -0.25) is 0 Å². The number of thiophene rings is 1. The summed E-state index contributed by atoms with van der Waals surface area (Å²) in [7, 11) is 2.18. The molecule has 2 rings (SSSR count). The van der Waals surface area contributed by atoms with E-state index in [1.54, 1.807) is 0 Å². The lowest BCUT2D eigenvalue weighted by atomic mass is 10.2. The van der Waals surface area contributed by atoms with Crippen LogP contribution in [-0.2, 0) is 6.42 Å². The first kappa shape index (κ1) is 15.4. The van der Waals surface area contributed by atoms with Gasteiger partial charge in [-0.25, -0.2) is 0 Å². The molecule has 1 aromatic carbocycles. The van der Waals surface area contributed by atoms with Crippen LogP contribution in [-0.4, -0.2) is 31.1 Å². The summed E-state index contributed by atoms with van der Waals surface area (Å²) in [5.74, 6) is 0. The van der Waals surface area contributed by atoms with E-state index in [0.717, 1.165) is 30.2 Å². The number of benzene rings is 1. The third-order valence-electron chi connectivity index (χ3n) is 3.45. The van der Waals surface area contributed by atoms with Crippen molar-refractivity contribution in [2.45, 2.75) is 19.4 Å². The molecule has 1 atom stereocenters. The van der Waals surface area contributed by atoms with Gasteiger partial charge in [-0.1, -0.05) is 23.7 Å². The Morgan fingerprint density at radius 1 is 1.30 bits per heavy atom. The van der Waals surface area contributed by atoms with Crippen LogP contribution in [0.25, 0.3) is 0 Å². The summed E-state index contributed by atoms with van der Waals surface area (Å²) >= 11 is 7.80. The van der Waals surface area contributed by atoms with Crippen molar-refractivity contribution in [3.63, 3.8) is 0 Å². The second-order valence-corrected chi connectivity index (χ2v) is 6.52. The number of anilines is 1. The Morgan fingerprint density at radius 2 is 2.15 bits per heavy atom. The molecule has 0 radical (unpaired) electrons. The molecule has 0 saturated heterocycles. The smallest absolute Gasteiger partial charge is 0.0426 e. The molecule has 0 bridgehead atoms. The zero-order chi connectivity index (χ0) is 14.4. The fourth-order valence-electron chi connectivity index (χ4n) is 2.07. The van der Waals surface area contributed by atoms with E-state index in [1.807, 2.05) is 35.6 Å². The van der Waals surface area contributed by atoms with E-state index in [4.69, 9.17) is 11.6 Å². The Bertz CT molecular complexity index is 513. The summed E-state index contributed by atoms with van der Waals surface area (Å²) in [5.41, 5.74) is 1.08. The first-order chi connectivity index (χ1) is 9.65. The third kappa shape index (κ3) is 4.82. The summed E-state index contributed by atoms with van der Waals surface area (Å²) < 4.78 is 0. The molecule has 108 valence electrons. The molecule has 0 aliphatic carbocycles. The Balaban J connectivity index is 1.73. The quantitative estimate of drug-likeness (QED) is 0.816. The number of nitrogens with one attached hydrogen (secondary N) is 1. The van der Waals surface area contributed by atoms with Crippen LogP contribution in [0, 0.1) is 0 Å². The highest BCUT2D eigenvalue weighted by molar-refractivity contribution is 7.09. The average molecular weight is 309 g/mol. The zero-order valence-electron chi connectivity index (χ0n) is 12.0. The Morgan fingerprint density at radius 3 is 2.85 bits per heavy atom. The van der Waals surface area contributed by atoms with E-state index in [0.29, 0.717) is 6.04 Å². The van der Waals surface area contributed by atoms with Crippen molar-refractivity contribution in [3.05, 3.63) is 51.7 Å². The first-order valence-electron chi connectivity index (χ1n) is 6.87. The summed E-state index contributed by atoms with van der Waals surface area (Å²) in [5, 5.41) is 6.32. The SMILES string of the molecule is CC(Cc1cccs1)N(C)CCNc1cccc(Cl)c1. The summed E-state index contributed by atoms with van der Waals surface area (Å²) in [6.45, 7) is 4.21. The van der Waals surface area contributed by atoms with Crippen molar-refractivity contribution in [1.29, 1.82) is 0 Å². The van der Waals surface area contributed by atoms with Gasteiger partial charge in [-0.05, 0) is 50.0 Å². The van der Waals surface area contributed by atoms with Gasteiger partial charge >= 0.3 is 0 Å². The molecular formula is C16H21ClN2S. The number of halogens is 1. The second kappa shape index (κ2) is 7.67. The van der Waals surface area contributed by atoms with Gasteiger partial charge in [0, 0.05) is 34.7 Å². The molecule has 0 amide bonds. The number of rotatable bonds is 7. The highest BCUT2D eigenvalue weighted by Crippen LogP contribution is 2.15. The van der Waals surface area contributed by atoms with Gasteiger partial charge in [-0.2, -0.15) is 0 Å². The highest BCUT2D eigenvalue weighted by atomic mass is 35.5. The Labute approximate surface area is 130 Å². The molecule has 2 aromatic rings. The van der Waals surface area contributed by atoms with E-state index in [1.165, 1.54) is 4.88 Å². The van der Waals surface area contributed by atoms with Gasteiger partial charge in [-0.15, -0.1) is 11.3 Å². The molecule has 0 spiro atoms. The van der Waals surface area contributed by atoms with Gasteiger partial charge in [0.2, 0.25) is 0 Å². The molecule has 0 aliphatic rings. The fraction of sp³-hybridized carbons (Fsp3) is 0.375. The lowest BCUT2D eigenvalue weighted by Crippen LogP contribution is -2.34. The normalized spacial score (nSPS) is 12.6. The monoisotopic (exact) mass is 308 g/mol. The molecule has 0 fully saturated rings. The van der Waals surface area contributed by atoms with Crippen LogP contribution < -0.4 is 5.32 Å². The van der Waals surface area contributed by atoms with E-state index >= 15 is 0 Å². The van der Waals surface area contributed by atoms with Gasteiger partial charge < -0.3 is 10.2 Å². The molecule has 1 unspecified atom stereocenters. The molecule has 0 saturated carbocycles. The van der Waals surface area contributed by atoms with Crippen molar-refractivity contribution < 1.29 is 0 Å². The van der Waals surface area contributed by atoms with E-state index < -0.39 is 0 Å². The predicted octanol–water partition coefficient (Wildman–Crippen LogP) is 4.38. The minimum absolute atomic E-state index is 0.551. The molecule has 20 heavy (non-hydrogen) atoms. The molecule has 2 nitrogen and oxygen atoms in total. The molecule has 1 aromatic heterocycles. The Kier molecular flexibility index (Phi) is 5.89. The molecule has 1 N–H and O–H groups in total. The van der Waals surface area contributed by atoms with E-state index in [9.17, 15) is 0 Å². The largest absolute Gasteiger partial charge is 0.384 e. The van der Waals surface area contributed by atoms with Crippen molar-refractivity contribution in [2.24, 2.45) is 0 Å². The maximum atomic E-state index is 5.97. The molecule has 4 heteroatoms. The molecular weight excluding hydrogens is 288 g/mol. The van der Waals surface area contributed by atoms with E-state index in [-0.39, 0.29) is 0 Å². The number of nitrogens with zero attached hydrogens (tertiary/aromatic N) is 1. The van der Waals surface area contributed by atoms with Crippen LogP contribution in [0.15, 0.2) is 41.8 Å². The van der Waals surface area contributed by atoms with E-state index in [2.05, 4.69) is 41.7 Å². The second-order valence-electron chi connectivity index (χ2n) is 5.05. The van der Waals surface area contributed by atoms with Gasteiger partial charge in [0.05, 0.1) is 0 Å². The minimum Gasteiger partial charge on any atom is -0.384 e. The number of hydrogen-bond acceptors (Lipinski definition) is 3. The summed E-state index contributed by atoms with van der Waals surface area (Å²) in [4.78, 5) is 3.84. The standard InChI is InChI=1S/C16H21ClN2S/c1-13(11-16-7-4-10-20-16)19(2)9-8-18-15-6-3-5-14(17)12-15/h3-7,10,12-13,18H,8-9,11H2,1-2H3. The van der Waals surface area contributed by atoms with Crippen LogP contribution in [0.1, 0.15) is 11.8 Å². The van der Waals surface area contributed by atoms with Crippen molar-refractivity contribution >= 4 is 28.6 Å². The molecule has 0 aliphatic heterocycles. The Hall–Kier alpha value is -1.03. The van der Waals surface area contributed by atoms with Crippen LogP contribution >= 0.6 is 22.9 Å². The fourth-order valence-corrected chi connectivity index (χ4v) is 3.09. The lowest BCUT2D eigenvalue weighted by molar-refractivity contribution is 0.267. The first-order valence-corrected chi connectivity index (χ1v) is 8.13.